The molecule has 5 aromatic rings. The van der Waals surface area contributed by atoms with E-state index in [-0.39, 0.29) is 38.2 Å². The van der Waals surface area contributed by atoms with Crippen molar-refractivity contribution in [2.24, 2.45) is 5.92 Å². The summed E-state index contributed by atoms with van der Waals surface area (Å²) in [5.74, 6) is 0.549. The highest BCUT2D eigenvalue weighted by atomic mass is 16.7. The molecule has 1 aliphatic rings. The average Bonchev–Trinajstić information content (AvgIpc) is 3.45. The Morgan fingerprint density at radius 1 is 0.705 bits per heavy atom. The number of benzene rings is 4. The SMILES string of the molecule is Cc1cc(COC(=O)CCCCCOc2ccc3ccc(=O)oc3c2)c(OCc2ccc(B3OC(C)(C)C(C)(C)O3)cc2)c(COC(=O)C(C)c2ccc(CC(C)C)cc2)c1. The molecular formula is C50H59BO10. The highest BCUT2D eigenvalue weighted by Crippen LogP contribution is 2.36. The van der Waals surface area contributed by atoms with Crippen molar-refractivity contribution in [3.8, 4) is 11.5 Å². The molecule has 1 aromatic heterocycles. The van der Waals surface area contributed by atoms with Crippen LogP contribution in [0.25, 0.3) is 11.0 Å². The lowest BCUT2D eigenvalue weighted by Crippen LogP contribution is -2.41. The maximum Gasteiger partial charge on any atom is 0.494 e. The van der Waals surface area contributed by atoms with Crippen LogP contribution in [0.3, 0.4) is 0 Å². The average molecular weight is 831 g/mol. The molecule has 6 rings (SSSR count). The summed E-state index contributed by atoms with van der Waals surface area (Å²) in [5.41, 5.74) is 5.41. The molecule has 0 amide bonds. The van der Waals surface area contributed by atoms with Gasteiger partial charge in [-0.2, -0.15) is 0 Å². The molecule has 1 saturated heterocycles. The van der Waals surface area contributed by atoms with Gasteiger partial charge >= 0.3 is 24.7 Å². The van der Waals surface area contributed by atoms with Crippen LogP contribution >= 0.6 is 0 Å². The molecule has 0 spiro atoms. The monoisotopic (exact) mass is 830 g/mol. The number of hydrogen-bond donors (Lipinski definition) is 0. The van der Waals surface area contributed by atoms with Crippen LogP contribution < -0.4 is 20.6 Å². The molecule has 1 fully saturated rings. The van der Waals surface area contributed by atoms with Crippen molar-refractivity contribution < 1.29 is 42.3 Å². The van der Waals surface area contributed by atoms with Crippen molar-refractivity contribution in [3.05, 3.63) is 135 Å². The minimum Gasteiger partial charge on any atom is -0.493 e. The molecule has 322 valence electrons. The highest BCUT2D eigenvalue weighted by molar-refractivity contribution is 6.62. The van der Waals surface area contributed by atoms with Gasteiger partial charge in [-0.3, -0.25) is 9.59 Å². The van der Waals surface area contributed by atoms with Gasteiger partial charge in [-0.25, -0.2) is 4.79 Å². The number of aryl methyl sites for hydroxylation is 1. The summed E-state index contributed by atoms with van der Waals surface area (Å²) in [6.45, 7) is 17.0. The molecule has 1 unspecified atom stereocenters. The van der Waals surface area contributed by atoms with Crippen molar-refractivity contribution in [1.29, 1.82) is 0 Å². The lowest BCUT2D eigenvalue weighted by molar-refractivity contribution is -0.146. The van der Waals surface area contributed by atoms with Crippen LogP contribution in [0.15, 0.2) is 100 Å². The van der Waals surface area contributed by atoms with Crippen molar-refractivity contribution in [3.63, 3.8) is 0 Å². The van der Waals surface area contributed by atoms with Gasteiger partial charge in [0.05, 0.1) is 23.7 Å². The zero-order valence-electron chi connectivity index (χ0n) is 36.8. The maximum absolute atomic E-state index is 13.4. The number of carbonyl (C=O) groups excluding carboxylic acids is 2. The zero-order valence-corrected chi connectivity index (χ0v) is 36.8. The molecule has 10 nitrogen and oxygen atoms in total. The summed E-state index contributed by atoms with van der Waals surface area (Å²) in [7, 11) is -0.476. The Hall–Kier alpha value is -5.39. The topological polar surface area (TPSA) is 120 Å². The van der Waals surface area contributed by atoms with E-state index in [1.807, 2.05) is 102 Å². The van der Waals surface area contributed by atoms with Gasteiger partial charge in [0.1, 0.15) is 36.9 Å². The van der Waals surface area contributed by atoms with E-state index in [1.165, 1.54) is 11.6 Å². The Morgan fingerprint density at radius 2 is 1.34 bits per heavy atom. The minimum absolute atomic E-state index is 0.00199. The number of esters is 2. The van der Waals surface area contributed by atoms with Gasteiger partial charge in [-0.15, -0.1) is 0 Å². The molecule has 0 N–H and O–H groups in total. The molecule has 1 aliphatic heterocycles. The number of carbonyl (C=O) groups is 2. The molecule has 4 aromatic carbocycles. The molecule has 0 aliphatic carbocycles. The fourth-order valence-corrected chi connectivity index (χ4v) is 7.16. The van der Waals surface area contributed by atoms with E-state index >= 15 is 0 Å². The summed E-state index contributed by atoms with van der Waals surface area (Å²) in [6.07, 6.45) is 3.36. The number of unbranched alkanes of at least 4 members (excludes halogenated alkanes) is 2. The number of rotatable bonds is 19. The van der Waals surface area contributed by atoms with Gasteiger partial charge in [0.2, 0.25) is 0 Å². The number of hydrogen-bond acceptors (Lipinski definition) is 10. The van der Waals surface area contributed by atoms with Crippen LogP contribution in [0.5, 0.6) is 11.5 Å². The zero-order chi connectivity index (χ0) is 43.7. The van der Waals surface area contributed by atoms with E-state index in [0.717, 1.165) is 46.8 Å². The van der Waals surface area contributed by atoms with Gasteiger partial charge in [0, 0.05) is 35.1 Å². The van der Waals surface area contributed by atoms with Gasteiger partial charge in [0.25, 0.3) is 0 Å². The second-order valence-electron chi connectivity index (χ2n) is 17.5. The van der Waals surface area contributed by atoms with Crippen LogP contribution in [0.2, 0.25) is 0 Å². The molecule has 2 heterocycles. The molecule has 61 heavy (non-hydrogen) atoms. The first-order valence-electron chi connectivity index (χ1n) is 21.3. The van der Waals surface area contributed by atoms with E-state index in [4.69, 9.17) is 32.7 Å². The van der Waals surface area contributed by atoms with Crippen molar-refractivity contribution in [2.75, 3.05) is 6.61 Å². The lowest BCUT2D eigenvalue weighted by Gasteiger charge is -2.32. The fraction of sp³-hybridized carbons (Fsp3) is 0.420. The first-order chi connectivity index (χ1) is 29.1. The molecule has 0 bridgehead atoms. The first kappa shape index (κ1) is 45.1. The van der Waals surface area contributed by atoms with E-state index in [2.05, 4.69) is 26.0 Å². The second kappa shape index (κ2) is 20.0. The Bertz CT molecular complexity index is 2310. The van der Waals surface area contributed by atoms with Crippen LogP contribution in [0.4, 0.5) is 0 Å². The predicted octanol–water partition coefficient (Wildman–Crippen LogP) is 9.71. The van der Waals surface area contributed by atoms with Crippen molar-refractivity contribution >= 4 is 35.5 Å². The van der Waals surface area contributed by atoms with E-state index < -0.39 is 29.9 Å². The van der Waals surface area contributed by atoms with Crippen LogP contribution in [-0.4, -0.2) is 36.9 Å². The second-order valence-corrected chi connectivity index (χ2v) is 17.5. The molecular weight excluding hydrogens is 771 g/mol. The highest BCUT2D eigenvalue weighted by Gasteiger charge is 2.51. The van der Waals surface area contributed by atoms with E-state index in [1.54, 1.807) is 12.1 Å². The van der Waals surface area contributed by atoms with Crippen LogP contribution in [0.1, 0.15) is 113 Å². The van der Waals surface area contributed by atoms with Gasteiger partial charge in [-0.1, -0.05) is 67.9 Å². The van der Waals surface area contributed by atoms with Crippen molar-refractivity contribution in [2.45, 2.75) is 124 Å². The molecule has 0 saturated carbocycles. The smallest absolute Gasteiger partial charge is 0.493 e. The Kier molecular flexibility index (Phi) is 14.8. The van der Waals surface area contributed by atoms with Crippen molar-refractivity contribution in [1.82, 2.24) is 0 Å². The summed E-state index contributed by atoms with van der Waals surface area (Å²) in [6, 6.07) is 28.4. The number of fused-ring (bicyclic) bond motifs is 1. The quantitative estimate of drug-likeness (QED) is 0.0344. The van der Waals surface area contributed by atoms with Gasteiger partial charge in [0.15, 0.2) is 0 Å². The van der Waals surface area contributed by atoms with E-state index in [0.29, 0.717) is 47.2 Å². The van der Waals surface area contributed by atoms with Gasteiger partial charge < -0.3 is 32.7 Å². The molecule has 11 heteroatoms. The maximum atomic E-state index is 13.4. The minimum atomic E-state index is -0.476. The Labute approximate surface area is 360 Å². The third kappa shape index (κ3) is 12.1. The summed E-state index contributed by atoms with van der Waals surface area (Å²) in [4.78, 5) is 38.0. The molecule has 1 atom stereocenters. The first-order valence-corrected chi connectivity index (χ1v) is 21.3. The lowest BCUT2D eigenvalue weighted by atomic mass is 9.79. The van der Waals surface area contributed by atoms with Crippen LogP contribution in [0, 0.1) is 12.8 Å². The number of ether oxygens (including phenoxy) is 4. The summed E-state index contributed by atoms with van der Waals surface area (Å²) >= 11 is 0. The molecule has 0 radical (unpaired) electrons. The summed E-state index contributed by atoms with van der Waals surface area (Å²) < 4.78 is 41.8. The third-order valence-corrected chi connectivity index (χ3v) is 11.4. The van der Waals surface area contributed by atoms with Gasteiger partial charge in [-0.05, 0) is 126 Å². The van der Waals surface area contributed by atoms with E-state index in [9.17, 15) is 14.4 Å². The summed E-state index contributed by atoms with van der Waals surface area (Å²) in [5, 5.41) is 0.822. The largest absolute Gasteiger partial charge is 0.494 e. The standard InChI is InChI=1S/C50H59BO10/c1-33(2)26-36-13-17-38(18-14-36)35(4)48(54)58-32-41-28-34(3)27-40(47(41)57-30-37-15-21-42(22-16-37)51-60-49(5,6)50(7,8)61-51)31-56-45(52)12-10-9-11-25-55-43-23-19-39-20-24-46(53)59-44(39)29-43/h13-24,27-29,33,35H,9-12,25-26,30-32H2,1-8H3. The Morgan fingerprint density at radius 3 is 2.02 bits per heavy atom. The third-order valence-electron chi connectivity index (χ3n) is 11.4. The predicted molar refractivity (Wildman–Crippen MR) is 237 cm³/mol. The fourth-order valence-electron chi connectivity index (χ4n) is 7.16. The Balaban J connectivity index is 1.07. The van der Waals surface area contributed by atoms with Crippen LogP contribution in [-0.2, 0) is 54.6 Å². The normalized spacial score (nSPS) is 14.9.